The van der Waals surface area contributed by atoms with E-state index in [9.17, 15) is 0 Å². The van der Waals surface area contributed by atoms with Crippen molar-refractivity contribution in [3.8, 4) is 0 Å². The van der Waals surface area contributed by atoms with E-state index in [2.05, 4.69) is 26.1 Å². The van der Waals surface area contributed by atoms with Crippen molar-refractivity contribution in [1.29, 1.82) is 0 Å². The van der Waals surface area contributed by atoms with Gasteiger partial charge in [-0.15, -0.1) is 0 Å². The molecule has 0 amide bonds. The Morgan fingerprint density at radius 1 is 1.30 bits per heavy atom. The van der Waals surface area contributed by atoms with Gasteiger partial charge in [-0.25, -0.2) is 0 Å². The fourth-order valence-corrected chi connectivity index (χ4v) is 1.59. The highest BCUT2D eigenvalue weighted by Crippen LogP contribution is 2.20. The van der Waals surface area contributed by atoms with E-state index in [1.807, 2.05) is 0 Å². The normalized spacial score (nSPS) is 34.8. The topological polar surface area (TPSA) is 12.0 Å². The standard InChI is InChI=1S/C9H19N/c1-7(2)9-5-4-8(3)10-6-9/h7-10H,4-6H2,1-3H3/t8-,9-/m1/s1. The van der Waals surface area contributed by atoms with Crippen LogP contribution < -0.4 is 5.32 Å². The predicted octanol–water partition coefficient (Wildman–Crippen LogP) is 2.03. The van der Waals surface area contributed by atoms with E-state index in [1.165, 1.54) is 19.4 Å². The van der Waals surface area contributed by atoms with Gasteiger partial charge in [0, 0.05) is 6.04 Å². The molecule has 1 rings (SSSR count). The molecule has 10 heavy (non-hydrogen) atoms. The summed E-state index contributed by atoms with van der Waals surface area (Å²) in [5, 5.41) is 3.51. The smallest absolute Gasteiger partial charge is 0.00389 e. The van der Waals surface area contributed by atoms with Crippen LogP contribution in [-0.2, 0) is 0 Å². The summed E-state index contributed by atoms with van der Waals surface area (Å²) in [5.41, 5.74) is 0. The fraction of sp³-hybridized carbons (Fsp3) is 1.00. The Morgan fingerprint density at radius 3 is 2.40 bits per heavy atom. The molecule has 1 heterocycles. The SMILES string of the molecule is CC(C)[C@@H]1CC[C@@H](C)NC1. The molecule has 1 heteroatoms. The van der Waals surface area contributed by atoms with Crippen LogP contribution in [0.1, 0.15) is 33.6 Å². The Kier molecular flexibility index (Phi) is 2.72. The van der Waals surface area contributed by atoms with Crippen molar-refractivity contribution in [2.75, 3.05) is 6.54 Å². The van der Waals surface area contributed by atoms with Gasteiger partial charge in [0.2, 0.25) is 0 Å². The number of hydrogen-bond donors (Lipinski definition) is 1. The molecule has 1 saturated heterocycles. The summed E-state index contributed by atoms with van der Waals surface area (Å²) in [6.07, 6.45) is 2.79. The maximum absolute atomic E-state index is 3.51. The zero-order valence-corrected chi connectivity index (χ0v) is 7.35. The maximum atomic E-state index is 3.51. The van der Waals surface area contributed by atoms with Crippen molar-refractivity contribution in [3.05, 3.63) is 0 Å². The van der Waals surface area contributed by atoms with E-state index < -0.39 is 0 Å². The lowest BCUT2D eigenvalue weighted by Gasteiger charge is -2.30. The highest BCUT2D eigenvalue weighted by molar-refractivity contribution is 4.76. The molecule has 0 aliphatic carbocycles. The minimum Gasteiger partial charge on any atom is -0.314 e. The summed E-state index contributed by atoms with van der Waals surface area (Å²) in [6, 6.07) is 0.759. The molecule has 0 aromatic rings. The van der Waals surface area contributed by atoms with Crippen LogP contribution in [0.5, 0.6) is 0 Å². The van der Waals surface area contributed by atoms with E-state index in [4.69, 9.17) is 0 Å². The van der Waals surface area contributed by atoms with Gasteiger partial charge < -0.3 is 5.32 Å². The second-order valence-electron chi connectivity index (χ2n) is 3.89. The summed E-state index contributed by atoms with van der Waals surface area (Å²) in [5.74, 6) is 1.79. The maximum Gasteiger partial charge on any atom is 0.00389 e. The zero-order valence-electron chi connectivity index (χ0n) is 7.35. The van der Waals surface area contributed by atoms with Gasteiger partial charge in [-0.05, 0) is 38.1 Å². The van der Waals surface area contributed by atoms with Crippen molar-refractivity contribution < 1.29 is 0 Å². The van der Waals surface area contributed by atoms with Crippen LogP contribution in [0.4, 0.5) is 0 Å². The molecule has 1 fully saturated rings. The van der Waals surface area contributed by atoms with E-state index in [1.54, 1.807) is 0 Å². The average Bonchev–Trinajstić information content (AvgIpc) is 1.88. The predicted molar refractivity (Wildman–Crippen MR) is 45.0 cm³/mol. The number of rotatable bonds is 1. The number of hydrogen-bond acceptors (Lipinski definition) is 1. The molecule has 0 aromatic heterocycles. The molecular weight excluding hydrogens is 122 g/mol. The van der Waals surface area contributed by atoms with Gasteiger partial charge in [0.1, 0.15) is 0 Å². The van der Waals surface area contributed by atoms with E-state index in [0.717, 1.165) is 17.9 Å². The zero-order chi connectivity index (χ0) is 7.56. The first kappa shape index (κ1) is 8.06. The fourth-order valence-electron chi connectivity index (χ4n) is 1.59. The van der Waals surface area contributed by atoms with Gasteiger partial charge in [0.25, 0.3) is 0 Å². The lowest BCUT2D eigenvalue weighted by molar-refractivity contribution is 0.262. The van der Waals surface area contributed by atoms with Crippen LogP contribution in [0.2, 0.25) is 0 Å². The lowest BCUT2D eigenvalue weighted by atomic mass is 9.87. The third kappa shape index (κ3) is 1.98. The van der Waals surface area contributed by atoms with Crippen LogP contribution >= 0.6 is 0 Å². The summed E-state index contributed by atoms with van der Waals surface area (Å²) in [4.78, 5) is 0. The van der Waals surface area contributed by atoms with Crippen LogP contribution in [0, 0.1) is 11.8 Å². The molecule has 0 saturated carbocycles. The molecule has 0 bridgehead atoms. The monoisotopic (exact) mass is 141 g/mol. The van der Waals surface area contributed by atoms with Crippen molar-refractivity contribution in [2.45, 2.75) is 39.7 Å². The molecule has 1 aliphatic heterocycles. The van der Waals surface area contributed by atoms with Crippen LogP contribution in [0.25, 0.3) is 0 Å². The molecule has 0 unspecified atom stereocenters. The minimum atomic E-state index is 0.759. The van der Waals surface area contributed by atoms with Crippen molar-refractivity contribution >= 4 is 0 Å². The third-order valence-corrected chi connectivity index (χ3v) is 2.64. The van der Waals surface area contributed by atoms with Gasteiger partial charge in [0.05, 0.1) is 0 Å². The highest BCUT2D eigenvalue weighted by Gasteiger charge is 2.19. The summed E-state index contributed by atoms with van der Waals surface area (Å²) in [7, 11) is 0. The Hall–Kier alpha value is -0.0400. The van der Waals surface area contributed by atoms with Crippen molar-refractivity contribution in [1.82, 2.24) is 5.32 Å². The van der Waals surface area contributed by atoms with E-state index >= 15 is 0 Å². The van der Waals surface area contributed by atoms with Crippen LogP contribution in [0.15, 0.2) is 0 Å². The first-order valence-corrected chi connectivity index (χ1v) is 4.43. The summed E-state index contributed by atoms with van der Waals surface area (Å²) >= 11 is 0. The van der Waals surface area contributed by atoms with Gasteiger partial charge >= 0.3 is 0 Å². The number of nitrogens with one attached hydrogen (secondary N) is 1. The molecule has 1 N–H and O–H groups in total. The van der Waals surface area contributed by atoms with Gasteiger partial charge in [-0.2, -0.15) is 0 Å². The second kappa shape index (κ2) is 3.38. The first-order valence-electron chi connectivity index (χ1n) is 4.43. The molecule has 2 atom stereocenters. The van der Waals surface area contributed by atoms with Gasteiger partial charge in [-0.1, -0.05) is 13.8 Å². The quantitative estimate of drug-likeness (QED) is 0.589. The molecule has 0 radical (unpaired) electrons. The van der Waals surface area contributed by atoms with Gasteiger partial charge in [0.15, 0.2) is 0 Å². The molecule has 0 spiro atoms. The molecular formula is C9H19N. The Bertz CT molecular complexity index is 90.9. The Labute approximate surface area is 64.2 Å². The van der Waals surface area contributed by atoms with E-state index in [-0.39, 0.29) is 0 Å². The molecule has 60 valence electrons. The third-order valence-electron chi connectivity index (χ3n) is 2.64. The second-order valence-corrected chi connectivity index (χ2v) is 3.89. The Morgan fingerprint density at radius 2 is 2.00 bits per heavy atom. The molecule has 1 nitrogen and oxygen atoms in total. The average molecular weight is 141 g/mol. The molecule has 1 aliphatic rings. The largest absolute Gasteiger partial charge is 0.314 e. The van der Waals surface area contributed by atoms with E-state index in [0.29, 0.717) is 0 Å². The lowest BCUT2D eigenvalue weighted by Crippen LogP contribution is -2.38. The minimum absolute atomic E-state index is 0.759. The highest BCUT2D eigenvalue weighted by atomic mass is 14.9. The van der Waals surface area contributed by atoms with Crippen LogP contribution in [-0.4, -0.2) is 12.6 Å². The summed E-state index contributed by atoms with van der Waals surface area (Å²) in [6.45, 7) is 8.15. The molecule has 0 aromatic carbocycles. The Balaban J connectivity index is 2.26. The first-order chi connectivity index (χ1) is 4.70. The van der Waals surface area contributed by atoms with Crippen molar-refractivity contribution in [3.63, 3.8) is 0 Å². The summed E-state index contributed by atoms with van der Waals surface area (Å²) < 4.78 is 0. The van der Waals surface area contributed by atoms with Crippen LogP contribution in [0.3, 0.4) is 0 Å². The number of piperidine rings is 1. The van der Waals surface area contributed by atoms with Crippen molar-refractivity contribution in [2.24, 2.45) is 11.8 Å². The van der Waals surface area contributed by atoms with Gasteiger partial charge in [-0.3, -0.25) is 0 Å².